The first-order valence-electron chi connectivity index (χ1n) is 6.33. The maximum atomic E-state index is 5.66. The van der Waals surface area contributed by atoms with E-state index < -0.39 is 0 Å². The number of ether oxygens (including phenoxy) is 1. The van der Waals surface area contributed by atoms with Gasteiger partial charge in [-0.1, -0.05) is 0 Å². The lowest BCUT2D eigenvalue weighted by Gasteiger charge is -2.29. The van der Waals surface area contributed by atoms with Gasteiger partial charge in [0.1, 0.15) is 0 Å². The van der Waals surface area contributed by atoms with Crippen molar-refractivity contribution < 1.29 is 4.74 Å². The second kappa shape index (κ2) is 6.69. The van der Waals surface area contributed by atoms with Crippen LogP contribution in [0.5, 0.6) is 0 Å². The van der Waals surface area contributed by atoms with Crippen LogP contribution >= 0.6 is 0 Å². The summed E-state index contributed by atoms with van der Waals surface area (Å²) in [6.07, 6.45) is 8.04. The standard InChI is InChI=1S/C13H21N3O/c14-16-13(12-5-9-17-10-6-12)2-1-11-3-7-15-8-4-11/h3-4,7-8,12-13,16H,1-2,5-6,9-10,14H2. The fraction of sp³-hybridized carbons (Fsp3) is 0.615. The van der Waals surface area contributed by atoms with Crippen LogP contribution in [0.15, 0.2) is 24.5 Å². The van der Waals surface area contributed by atoms with Gasteiger partial charge in [-0.25, -0.2) is 0 Å². The average Bonchev–Trinajstić information content (AvgIpc) is 2.42. The van der Waals surface area contributed by atoms with E-state index >= 15 is 0 Å². The molecule has 1 aliphatic rings. The number of nitrogens with two attached hydrogens (primary N) is 1. The minimum Gasteiger partial charge on any atom is -0.381 e. The number of hydrogen-bond donors (Lipinski definition) is 2. The van der Waals surface area contributed by atoms with Crippen molar-refractivity contribution >= 4 is 0 Å². The van der Waals surface area contributed by atoms with E-state index in [-0.39, 0.29) is 0 Å². The molecule has 0 aliphatic carbocycles. The van der Waals surface area contributed by atoms with Gasteiger partial charge in [-0.3, -0.25) is 16.3 Å². The minimum atomic E-state index is 0.395. The molecule has 4 heteroatoms. The molecule has 0 radical (unpaired) electrons. The Morgan fingerprint density at radius 2 is 2.06 bits per heavy atom. The van der Waals surface area contributed by atoms with E-state index in [2.05, 4.69) is 22.5 Å². The molecule has 1 unspecified atom stereocenters. The smallest absolute Gasteiger partial charge is 0.0469 e. The summed E-state index contributed by atoms with van der Waals surface area (Å²) in [4.78, 5) is 4.03. The van der Waals surface area contributed by atoms with Crippen LogP contribution < -0.4 is 11.3 Å². The van der Waals surface area contributed by atoms with Crippen LogP contribution in [0, 0.1) is 5.92 Å². The summed E-state index contributed by atoms with van der Waals surface area (Å²) >= 11 is 0. The minimum absolute atomic E-state index is 0.395. The van der Waals surface area contributed by atoms with Gasteiger partial charge in [-0.15, -0.1) is 0 Å². The van der Waals surface area contributed by atoms with Crippen LogP contribution in [0.4, 0.5) is 0 Å². The van der Waals surface area contributed by atoms with E-state index in [1.807, 2.05) is 12.4 Å². The quantitative estimate of drug-likeness (QED) is 0.596. The number of pyridine rings is 1. The number of nitrogens with one attached hydrogen (secondary N) is 1. The lowest BCUT2D eigenvalue weighted by Crippen LogP contribution is -2.43. The Hall–Kier alpha value is -0.970. The topological polar surface area (TPSA) is 60.2 Å². The van der Waals surface area contributed by atoms with Crippen LogP contribution in [-0.2, 0) is 11.2 Å². The number of aromatic nitrogens is 1. The Balaban J connectivity index is 1.82. The van der Waals surface area contributed by atoms with Crippen LogP contribution in [0.3, 0.4) is 0 Å². The third kappa shape index (κ3) is 3.77. The maximum absolute atomic E-state index is 5.66. The van der Waals surface area contributed by atoms with Gasteiger partial charge in [-0.05, 0) is 49.3 Å². The molecule has 1 atom stereocenters. The highest BCUT2D eigenvalue weighted by atomic mass is 16.5. The first-order chi connectivity index (χ1) is 8.40. The van der Waals surface area contributed by atoms with Crippen LogP contribution in [0.25, 0.3) is 0 Å². The van der Waals surface area contributed by atoms with Crippen molar-refractivity contribution in [2.24, 2.45) is 11.8 Å². The normalized spacial score (nSPS) is 19.1. The van der Waals surface area contributed by atoms with E-state index in [1.165, 1.54) is 5.56 Å². The summed E-state index contributed by atoms with van der Waals surface area (Å²) in [5.74, 6) is 6.31. The first kappa shape index (κ1) is 12.5. The lowest BCUT2D eigenvalue weighted by atomic mass is 9.88. The highest BCUT2D eigenvalue weighted by Crippen LogP contribution is 2.21. The summed E-state index contributed by atoms with van der Waals surface area (Å²) in [6.45, 7) is 1.75. The van der Waals surface area contributed by atoms with E-state index in [4.69, 9.17) is 10.6 Å². The number of nitrogens with zero attached hydrogens (tertiary/aromatic N) is 1. The molecule has 1 aliphatic heterocycles. The van der Waals surface area contributed by atoms with Crippen LogP contribution in [-0.4, -0.2) is 24.2 Å². The summed E-state index contributed by atoms with van der Waals surface area (Å²) in [7, 11) is 0. The molecule has 17 heavy (non-hydrogen) atoms. The molecule has 0 aromatic carbocycles. The lowest BCUT2D eigenvalue weighted by molar-refractivity contribution is 0.0526. The Kier molecular flexibility index (Phi) is 4.91. The summed E-state index contributed by atoms with van der Waals surface area (Å²) in [6, 6.07) is 4.53. The van der Waals surface area contributed by atoms with Gasteiger partial charge >= 0.3 is 0 Å². The Morgan fingerprint density at radius 3 is 2.71 bits per heavy atom. The van der Waals surface area contributed by atoms with Crippen molar-refractivity contribution in [1.82, 2.24) is 10.4 Å². The molecule has 0 amide bonds. The largest absolute Gasteiger partial charge is 0.381 e. The highest BCUT2D eigenvalue weighted by molar-refractivity contribution is 5.09. The van der Waals surface area contributed by atoms with Crippen molar-refractivity contribution in [2.75, 3.05) is 13.2 Å². The molecule has 0 saturated carbocycles. The molecular weight excluding hydrogens is 214 g/mol. The van der Waals surface area contributed by atoms with Gasteiger partial charge in [0.05, 0.1) is 0 Å². The van der Waals surface area contributed by atoms with Gasteiger partial charge in [0, 0.05) is 31.6 Å². The fourth-order valence-electron chi connectivity index (χ4n) is 2.44. The van der Waals surface area contributed by atoms with E-state index in [0.717, 1.165) is 38.9 Å². The molecule has 1 aromatic rings. The second-order valence-electron chi connectivity index (χ2n) is 4.62. The Morgan fingerprint density at radius 1 is 1.35 bits per heavy atom. The summed E-state index contributed by atoms with van der Waals surface area (Å²) in [5.41, 5.74) is 4.30. The number of rotatable bonds is 5. The molecule has 1 aromatic heterocycles. The van der Waals surface area contributed by atoms with E-state index in [1.54, 1.807) is 0 Å². The number of hydrazine groups is 1. The molecule has 0 bridgehead atoms. The molecule has 2 rings (SSSR count). The van der Waals surface area contributed by atoms with Gasteiger partial charge in [0.2, 0.25) is 0 Å². The molecule has 4 nitrogen and oxygen atoms in total. The van der Waals surface area contributed by atoms with Crippen molar-refractivity contribution in [3.8, 4) is 0 Å². The molecule has 3 N–H and O–H groups in total. The van der Waals surface area contributed by atoms with Gasteiger partial charge in [-0.2, -0.15) is 0 Å². The average molecular weight is 235 g/mol. The van der Waals surface area contributed by atoms with Crippen LogP contribution in [0.1, 0.15) is 24.8 Å². The third-order valence-corrected chi connectivity index (χ3v) is 3.54. The predicted octanol–water partition coefficient (Wildman–Crippen LogP) is 1.27. The van der Waals surface area contributed by atoms with Crippen molar-refractivity contribution in [2.45, 2.75) is 31.7 Å². The van der Waals surface area contributed by atoms with Gasteiger partial charge in [0.25, 0.3) is 0 Å². The summed E-state index contributed by atoms with van der Waals surface area (Å²) < 4.78 is 5.38. The van der Waals surface area contributed by atoms with Crippen LogP contribution in [0.2, 0.25) is 0 Å². The maximum Gasteiger partial charge on any atom is 0.0469 e. The second-order valence-corrected chi connectivity index (χ2v) is 4.62. The molecule has 94 valence electrons. The molecular formula is C13H21N3O. The first-order valence-corrected chi connectivity index (χ1v) is 6.33. The molecule has 0 spiro atoms. The monoisotopic (exact) mass is 235 g/mol. The fourth-order valence-corrected chi connectivity index (χ4v) is 2.44. The third-order valence-electron chi connectivity index (χ3n) is 3.54. The SMILES string of the molecule is NNC(CCc1ccncc1)C1CCOCC1. The Bertz CT molecular complexity index is 312. The van der Waals surface area contributed by atoms with E-state index in [0.29, 0.717) is 12.0 Å². The van der Waals surface area contributed by atoms with Gasteiger partial charge < -0.3 is 4.74 Å². The predicted molar refractivity (Wildman–Crippen MR) is 67.2 cm³/mol. The highest BCUT2D eigenvalue weighted by Gasteiger charge is 2.22. The Labute approximate surface area is 103 Å². The zero-order valence-corrected chi connectivity index (χ0v) is 10.1. The number of aryl methyl sites for hydroxylation is 1. The molecule has 1 fully saturated rings. The zero-order chi connectivity index (χ0) is 11.9. The van der Waals surface area contributed by atoms with Crippen molar-refractivity contribution in [1.29, 1.82) is 0 Å². The number of hydrogen-bond acceptors (Lipinski definition) is 4. The zero-order valence-electron chi connectivity index (χ0n) is 10.1. The molecule has 2 heterocycles. The van der Waals surface area contributed by atoms with E-state index in [9.17, 15) is 0 Å². The molecule has 1 saturated heterocycles. The van der Waals surface area contributed by atoms with Gasteiger partial charge in [0.15, 0.2) is 0 Å². The summed E-state index contributed by atoms with van der Waals surface area (Å²) in [5, 5.41) is 0. The van der Waals surface area contributed by atoms with Crippen molar-refractivity contribution in [3.05, 3.63) is 30.1 Å². The van der Waals surface area contributed by atoms with Crippen molar-refractivity contribution in [3.63, 3.8) is 0 Å².